The van der Waals surface area contributed by atoms with Crippen LogP contribution in [0.3, 0.4) is 0 Å². The highest BCUT2D eigenvalue weighted by Crippen LogP contribution is 2.31. The topological polar surface area (TPSA) is 91.7 Å². The molecule has 0 heterocycles. The Labute approximate surface area is 149 Å². The van der Waals surface area contributed by atoms with Crippen LogP contribution in [0.2, 0.25) is 5.02 Å². The number of carbonyl (C=O) groups is 3. The summed E-state index contributed by atoms with van der Waals surface area (Å²) in [5.41, 5.74) is 1.85. The average molecular weight is 361 g/mol. The number of carboxylic acids is 2. The Morgan fingerprint density at radius 3 is 1.92 bits per heavy atom. The van der Waals surface area contributed by atoms with E-state index in [2.05, 4.69) is 0 Å². The van der Waals surface area contributed by atoms with Gasteiger partial charge in [0.2, 0.25) is 0 Å². The number of Topliss-reactive ketones (excluding diaryl/α,β-unsaturated/α-hetero) is 1. The van der Waals surface area contributed by atoms with Crippen molar-refractivity contribution in [2.45, 2.75) is 19.3 Å². The van der Waals surface area contributed by atoms with Crippen LogP contribution in [0.15, 0.2) is 48.5 Å². The summed E-state index contributed by atoms with van der Waals surface area (Å²) in [6, 6.07) is 13.0. The lowest BCUT2D eigenvalue weighted by Crippen LogP contribution is -2.31. The molecule has 0 amide bonds. The molecule has 0 aromatic heterocycles. The van der Waals surface area contributed by atoms with Gasteiger partial charge in [-0.3, -0.25) is 14.4 Å². The Bertz CT molecular complexity index is 766. The van der Waals surface area contributed by atoms with Crippen LogP contribution in [0.5, 0.6) is 0 Å². The van der Waals surface area contributed by atoms with Gasteiger partial charge in [-0.1, -0.05) is 53.6 Å². The van der Waals surface area contributed by atoms with Crippen molar-refractivity contribution in [3.05, 3.63) is 70.2 Å². The quantitative estimate of drug-likeness (QED) is 0.579. The zero-order valence-corrected chi connectivity index (χ0v) is 14.2. The molecule has 5 nitrogen and oxygen atoms in total. The molecule has 2 aromatic carbocycles. The molecule has 1 atom stereocenters. The number of ketones is 1. The molecule has 0 aliphatic rings. The first kappa shape index (κ1) is 18.7. The van der Waals surface area contributed by atoms with Gasteiger partial charge in [-0.25, -0.2) is 0 Å². The molecule has 0 spiro atoms. The maximum Gasteiger partial charge on any atom is 0.318 e. The summed E-state index contributed by atoms with van der Waals surface area (Å²) >= 11 is 5.84. The monoisotopic (exact) mass is 360 g/mol. The van der Waals surface area contributed by atoms with Gasteiger partial charge in [0.05, 0.1) is 0 Å². The predicted octanol–water partition coefficient (Wildman–Crippen LogP) is 3.79. The average Bonchev–Trinajstić information content (AvgIpc) is 2.54. The van der Waals surface area contributed by atoms with Gasteiger partial charge in [-0.2, -0.15) is 0 Å². The maximum atomic E-state index is 12.5. The van der Waals surface area contributed by atoms with Crippen molar-refractivity contribution in [2.75, 3.05) is 0 Å². The molecule has 0 saturated carbocycles. The summed E-state index contributed by atoms with van der Waals surface area (Å²) in [4.78, 5) is 35.5. The fraction of sp³-hybridized carbons (Fsp3) is 0.211. The number of halogens is 1. The largest absolute Gasteiger partial charge is 0.481 e. The second kappa shape index (κ2) is 7.94. The van der Waals surface area contributed by atoms with Crippen LogP contribution in [0, 0.1) is 12.8 Å². The summed E-state index contributed by atoms with van der Waals surface area (Å²) in [6.45, 7) is 1.88. The number of aliphatic carboxylic acids is 2. The zero-order valence-electron chi connectivity index (χ0n) is 13.5. The third-order valence-electron chi connectivity index (χ3n) is 4.01. The van der Waals surface area contributed by atoms with E-state index in [1.807, 2.05) is 6.92 Å². The van der Waals surface area contributed by atoms with Crippen molar-refractivity contribution < 1.29 is 24.6 Å². The SMILES string of the molecule is Cc1ccc(C(=O)CC(c2ccc(Cl)cc2)C(C(=O)O)C(=O)O)cc1. The van der Waals surface area contributed by atoms with Gasteiger partial charge in [-0.15, -0.1) is 0 Å². The lowest BCUT2D eigenvalue weighted by atomic mass is 9.81. The molecule has 130 valence electrons. The van der Waals surface area contributed by atoms with Gasteiger partial charge in [0, 0.05) is 22.9 Å². The summed E-state index contributed by atoms with van der Waals surface area (Å²) in [7, 11) is 0. The minimum Gasteiger partial charge on any atom is -0.481 e. The molecule has 2 aromatic rings. The number of carbonyl (C=O) groups excluding carboxylic acids is 1. The minimum absolute atomic E-state index is 0.228. The second-order valence-corrected chi connectivity index (χ2v) is 6.24. The van der Waals surface area contributed by atoms with E-state index >= 15 is 0 Å². The molecule has 0 radical (unpaired) electrons. The number of hydrogen-bond donors (Lipinski definition) is 2. The van der Waals surface area contributed by atoms with Gasteiger partial charge in [0.1, 0.15) is 0 Å². The number of rotatable bonds is 7. The van der Waals surface area contributed by atoms with Crippen molar-refractivity contribution >= 4 is 29.3 Å². The number of benzene rings is 2. The van der Waals surface area contributed by atoms with E-state index in [4.69, 9.17) is 11.6 Å². The molecular weight excluding hydrogens is 344 g/mol. The Hall–Kier alpha value is -2.66. The highest BCUT2D eigenvalue weighted by molar-refractivity contribution is 6.30. The summed E-state index contributed by atoms with van der Waals surface area (Å²) in [6.07, 6.45) is -0.228. The Balaban J connectivity index is 2.38. The fourth-order valence-electron chi connectivity index (χ4n) is 2.65. The molecule has 0 saturated heterocycles. The molecule has 1 unspecified atom stereocenters. The van der Waals surface area contributed by atoms with Crippen molar-refractivity contribution in [3.8, 4) is 0 Å². The number of hydrogen-bond acceptors (Lipinski definition) is 3. The van der Waals surface area contributed by atoms with E-state index in [1.54, 1.807) is 48.5 Å². The van der Waals surface area contributed by atoms with Crippen LogP contribution in [-0.2, 0) is 9.59 Å². The van der Waals surface area contributed by atoms with E-state index in [0.29, 0.717) is 16.1 Å². The van der Waals surface area contributed by atoms with Crippen molar-refractivity contribution in [1.82, 2.24) is 0 Å². The van der Waals surface area contributed by atoms with E-state index in [9.17, 15) is 24.6 Å². The lowest BCUT2D eigenvalue weighted by Gasteiger charge is -2.21. The Kier molecular flexibility index (Phi) is 5.93. The summed E-state index contributed by atoms with van der Waals surface area (Å²) < 4.78 is 0. The zero-order chi connectivity index (χ0) is 18.6. The highest BCUT2D eigenvalue weighted by Gasteiger charge is 2.37. The number of aryl methyl sites for hydroxylation is 1. The van der Waals surface area contributed by atoms with Crippen LogP contribution < -0.4 is 0 Å². The minimum atomic E-state index is -1.73. The van der Waals surface area contributed by atoms with Gasteiger partial charge in [0.25, 0.3) is 0 Å². The van der Waals surface area contributed by atoms with Crippen LogP contribution in [0.25, 0.3) is 0 Å². The normalized spacial score (nSPS) is 12.0. The molecule has 0 aliphatic heterocycles. The smallest absolute Gasteiger partial charge is 0.318 e. The Morgan fingerprint density at radius 2 is 1.44 bits per heavy atom. The van der Waals surface area contributed by atoms with Crippen LogP contribution in [0.4, 0.5) is 0 Å². The molecule has 25 heavy (non-hydrogen) atoms. The second-order valence-electron chi connectivity index (χ2n) is 5.81. The molecule has 0 bridgehead atoms. The van der Waals surface area contributed by atoms with E-state index in [0.717, 1.165) is 5.56 Å². The lowest BCUT2D eigenvalue weighted by molar-refractivity contribution is -0.155. The van der Waals surface area contributed by atoms with E-state index in [1.165, 1.54) is 0 Å². The van der Waals surface area contributed by atoms with Crippen molar-refractivity contribution in [3.63, 3.8) is 0 Å². The van der Waals surface area contributed by atoms with E-state index in [-0.39, 0.29) is 12.2 Å². The van der Waals surface area contributed by atoms with Crippen LogP contribution in [0.1, 0.15) is 33.8 Å². The molecule has 0 aliphatic carbocycles. The third kappa shape index (κ3) is 4.67. The molecular formula is C19H17ClO5. The first-order chi connectivity index (χ1) is 11.8. The molecule has 2 N–H and O–H groups in total. The fourth-order valence-corrected chi connectivity index (χ4v) is 2.77. The van der Waals surface area contributed by atoms with E-state index < -0.39 is 23.8 Å². The van der Waals surface area contributed by atoms with Crippen LogP contribution >= 0.6 is 11.6 Å². The maximum absolute atomic E-state index is 12.5. The van der Waals surface area contributed by atoms with Gasteiger partial charge < -0.3 is 10.2 Å². The first-order valence-electron chi connectivity index (χ1n) is 7.60. The van der Waals surface area contributed by atoms with Crippen molar-refractivity contribution in [2.24, 2.45) is 5.92 Å². The number of carboxylic acid groups (broad SMARTS) is 2. The molecule has 2 rings (SSSR count). The summed E-state index contributed by atoms with van der Waals surface area (Å²) in [5, 5.41) is 19.1. The standard InChI is InChI=1S/C19H17ClO5/c1-11-2-4-13(5-3-11)16(21)10-15(17(18(22)23)19(24)25)12-6-8-14(20)9-7-12/h2-9,15,17H,10H2,1H3,(H,22,23)(H,24,25). The van der Waals surface area contributed by atoms with Gasteiger partial charge >= 0.3 is 11.9 Å². The molecule has 6 heteroatoms. The summed E-state index contributed by atoms with van der Waals surface area (Å²) in [5.74, 6) is -6.00. The van der Waals surface area contributed by atoms with Gasteiger partial charge in [-0.05, 0) is 24.6 Å². The third-order valence-corrected chi connectivity index (χ3v) is 4.26. The van der Waals surface area contributed by atoms with Gasteiger partial charge in [0.15, 0.2) is 11.7 Å². The highest BCUT2D eigenvalue weighted by atomic mass is 35.5. The molecule has 0 fully saturated rings. The Morgan fingerprint density at radius 1 is 0.920 bits per heavy atom. The first-order valence-corrected chi connectivity index (χ1v) is 7.98. The van der Waals surface area contributed by atoms with Crippen LogP contribution in [-0.4, -0.2) is 27.9 Å². The predicted molar refractivity (Wildman–Crippen MR) is 93.1 cm³/mol. The van der Waals surface area contributed by atoms with Crippen molar-refractivity contribution in [1.29, 1.82) is 0 Å².